The Kier molecular flexibility index (Phi) is 7.47. The molecule has 0 aromatic heterocycles. The normalized spacial score (nSPS) is 16.1. The summed E-state index contributed by atoms with van der Waals surface area (Å²) < 4.78 is 41.4. The van der Waals surface area contributed by atoms with Crippen LogP contribution in [0.15, 0.2) is 71.6 Å². The van der Waals surface area contributed by atoms with Crippen LogP contribution in [0.1, 0.15) is 25.3 Å². The molecule has 2 amide bonds. The zero-order chi connectivity index (χ0) is 25.0. The fraction of sp³-hybridized carbons (Fsp3) is 0.308. The van der Waals surface area contributed by atoms with Crippen LogP contribution in [0, 0.1) is 5.82 Å². The third-order valence-electron chi connectivity index (χ3n) is 6.21. The van der Waals surface area contributed by atoms with Crippen molar-refractivity contribution in [1.82, 2.24) is 14.9 Å². The van der Waals surface area contributed by atoms with Crippen molar-refractivity contribution >= 4 is 32.6 Å². The second kappa shape index (κ2) is 10.5. The van der Waals surface area contributed by atoms with Crippen molar-refractivity contribution in [2.45, 2.75) is 43.2 Å². The number of hydrogen-bond acceptors (Lipinski definition) is 4. The fourth-order valence-electron chi connectivity index (χ4n) is 4.41. The molecule has 9 heteroatoms. The summed E-state index contributed by atoms with van der Waals surface area (Å²) in [5.41, 5.74) is 0.719. The molecule has 1 aliphatic rings. The number of piperidine rings is 1. The molecule has 35 heavy (non-hydrogen) atoms. The molecule has 1 heterocycles. The topological polar surface area (TPSA) is 95.6 Å². The number of hydrogen-bond donors (Lipinski definition) is 2. The van der Waals surface area contributed by atoms with Gasteiger partial charge in [-0.1, -0.05) is 48.5 Å². The van der Waals surface area contributed by atoms with E-state index < -0.39 is 16.1 Å². The summed E-state index contributed by atoms with van der Waals surface area (Å²) in [7, 11) is -3.68. The van der Waals surface area contributed by atoms with Gasteiger partial charge in [0.15, 0.2) is 0 Å². The van der Waals surface area contributed by atoms with E-state index in [2.05, 4.69) is 10.6 Å². The lowest BCUT2D eigenvalue weighted by Gasteiger charge is -2.32. The summed E-state index contributed by atoms with van der Waals surface area (Å²) in [6, 6.07) is 17.4. The number of fused-ring (bicyclic) bond motifs is 1. The molecular weight excluding hydrogens is 469 g/mol. The lowest BCUT2D eigenvalue weighted by Crippen LogP contribution is -2.53. The van der Waals surface area contributed by atoms with E-state index in [1.807, 2.05) is 24.3 Å². The second-order valence-corrected chi connectivity index (χ2v) is 10.7. The van der Waals surface area contributed by atoms with Crippen LogP contribution in [0.3, 0.4) is 0 Å². The van der Waals surface area contributed by atoms with Crippen molar-refractivity contribution in [1.29, 1.82) is 0 Å². The van der Waals surface area contributed by atoms with Crippen LogP contribution in [0.4, 0.5) is 4.39 Å². The van der Waals surface area contributed by atoms with Crippen molar-refractivity contribution < 1.29 is 22.4 Å². The van der Waals surface area contributed by atoms with Gasteiger partial charge in [0.25, 0.3) is 0 Å². The van der Waals surface area contributed by atoms with E-state index in [1.165, 1.54) is 23.4 Å². The number of rotatable bonds is 7. The first-order chi connectivity index (χ1) is 16.7. The highest BCUT2D eigenvalue weighted by Gasteiger charge is 2.32. The van der Waals surface area contributed by atoms with Gasteiger partial charge in [-0.25, -0.2) is 12.8 Å². The molecule has 3 aromatic carbocycles. The fourth-order valence-corrected chi connectivity index (χ4v) is 6.10. The molecule has 0 bridgehead atoms. The smallest absolute Gasteiger partial charge is 0.243 e. The molecule has 4 rings (SSSR count). The van der Waals surface area contributed by atoms with Crippen LogP contribution in [-0.4, -0.2) is 49.7 Å². The predicted octanol–water partition coefficient (Wildman–Crippen LogP) is 3.00. The van der Waals surface area contributed by atoms with E-state index >= 15 is 0 Å². The first-order valence-corrected chi connectivity index (χ1v) is 13.0. The Morgan fingerprint density at radius 1 is 1.00 bits per heavy atom. The zero-order valence-corrected chi connectivity index (χ0v) is 20.2. The molecule has 0 aliphatic carbocycles. The molecule has 0 radical (unpaired) electrons. The van der Waals surface area contributed by atoms with Gasteiger partial charge in [0.05, 0.1) is 4.90 Å². The average molecular weight is 498 g/mol. The summed E-state index contributed by atoms with van der Waals surface area (Å²) in [5.74, 6) is -1.07. The highest BCUT2D eigenvalue weighted by Crippen LogP contribution is 2.27. The van der Waals surface area contributed by atoms with Gasteiger partial charge >= 0.3 is 0 Å². The third-order valence-corrected chi connectivity index (χ3v) is 8.17. The zero-order valence-electron chi connectivity index (χ0n) is 19.4. The number of sulfonamides is 1. The standard InChI is InChI=1S/C26H28FN3O4S/c1-18(31)28-24(17-19-9-11-21(27)12-10-19)26(32)29-22-13-15-30(16-14-22)35(33,34)25-8-4-6-20-5-2-3-7-23(20)25/h2-12,22,24H,13-17H2,1H3,(H,28,31)(H,29,32). The first-order valence-electron chi connectivity index (χ1n) is 11.5. The SMILES string of the molecule is CC(=O)NC(Cc1ccc(F)cc1)C(=O)NC1CCN(S(=O)(=O)c2cccc3ccccc23)CC1. The molecule has 0 saturated carbocycles. The predicted molar refractivity (Wildman–Crippen MR) is 132 cm³/mol. The van der Waals surface area contributed by atoms with Crippen LogP contribution < -0.4 is 10.6 Å². The summed E-state index contributed by atoms with van der Waals surface area (Å²) in [4.78, 5) is 24.9. The molecule has 1 aliphatic heterocycles. The van der Waals surface area contributed by atoms with Crippen LogP contribution in [0.2, 0.25) is 0 Å². The summed E-state index contributed by atoms with van der Waals surface area (Å²) in [5, 5.41) is 7.15. The van der Waals surface area contributed by atoms with Crippen molar-refractivity contribution in [2.75, 3.05) is 13.1 Å². The summed E-state index contributed by atoms with van der Waals surface area (Å²) >= 11 is 0. The minimum Gasteiger partial charge on any atom is -0.351 e. The van der Waals surface area contributed by atoms with Gasteiger partial charge in [-0.05, 0) is 42.0 Å². The molecule has 7 nitrogen and oxygen atoms in total. The Hall–Kier alpha value is -3.30. The summed E-state index contributed by atoms with van der Waals surface area (Å²) in [6.45, 7) is 1.89. The van der Waals surface area contributed by atoms with E-state index in [4.69, 9.17) is 0 Å². The molecule has 0 spiro atoms. The molecule has 2 N–H and O–H groups in total. The Balaban J connectivity index is 1.40. The van der Waals surface area contributed by atoms with Gasteiger partial charge < -0.3 is 10.6 Å². The Morgan fingerprint density at radius 3 is 2.34 bits per heavy atom. The molecule has 1 saturated heterocycles. The van der Waals surface area contributed by atoms with Crippen LogP contribution in [0.25, 0.3) is 10.8 Å². The van der Waals surface area contributed by atoms with E-state index in [9.17, 15) is 22.4 Å². The minimum atomic E-state index is -3.68. The maximum atomic E-state index is 13.4. The molecule has 1 atom stereocenters. The van der Waals surface area contributed by atoms with Crippen molar-refractivity contribution in [3.63, 3.8) is 0 Å². The number of benzene rings is 3. The molecule has 184 valence electrons. The lowest BCUT2D eigenvalue weighted by molar-refractivity contribution is -0.128. The molecule has 1 fully saturated rings. The van der Waals surface area contributed by atoms with Crippen molar-refractivity contribution in [3.8, 4) is 0 Å². The highest BCUT2D eigenvalue weighted by atomic mass is 32.2. The number of amides is 2. The Labute approximate surface area is 204 Å². The molecule has 1 unspecified atom stereocenters. The van der Waals surface area contributed by atoms with Gasteiger partial charge in [-0.15, -0.1) is 0 Å². The number of carbonyl (C=O) groups is 2. The van der Waals surface area contributed by atoms with E-state index in [0.29, 0.717) is 18.2 Å². The van der Waals surface area contributed by atoms with E-state index in [0.717, 1.165) is 10.9 Å². The largest absolute Gasteiger partial charge is 0.351 e. The first kappa shape index (κ1) is 24.8. The quantitative estimate of drug-likeness (QED) is 0.525. The van der Waals surface area contributed by atoms with E-state index in [-0.39, 0.29) is 48.1 Å². The second-order valence-electron chi connectivity index (χ2n) is 8.75. The van der Waals surface area contributed by atoms with Gasteiger partial charge in [0, 0.05) is 37.9 Å². The Morgan fingerprint density at radius 2 is 1.66 bits per heavy atom. The van der Waals surface area contributed by atoms with Crippen molar-refractivity contribution in [3.05, 3.63) is 78.1 Å². The van der Waals surface area contributed by atoms with Gasteiger partial charge in [-0.3, -0.25) is 9.59 Å². The van der Waals surface area contributed by atoms with Crippen LogP contribution in [0.5, 0.6) is 0 Å². The monoisotopic (exact) mass is 497 g/mol. The van der Waals surface area contributed by atoms with Crippen LogP contribution in [-0.2, 0) is 26.0 Å². The van der Waals surface area contributed by atoms with Crippen molar-refractivity contribution in [2.24, 2.45) is 0 Å². The lowest BCUT2D eigenvalue weighted by atomic mass is 10.0. The summed E-state index contributed by atoms with van der Waals surface area (Å²) in [6.07, 6.45) is 1.14. The third kappa shape index (κ3) is 5.86. The van der Waals surface area contributed by atoms with E-state index in [1.54, 1.807) is 30.3 Å². The molecule has 3 aromatic rings. The number of nitrogens with one attached hydrogen (secondary N) is 2. The average Bonchev–Trinajstić information content (AvgIpc) is 2.84. The Bertz CT molecular complexity index is 1310. The molecular formula is C26H28FN3O4S. The maximum Gasteiger partial charge on any atom is 0.243 e. The van der Waals surface area contributed by atoms with Gasteiger partial charge in [0.2, 0.25) is 21.8 Å². The highest BCUT2D eigenvalue weighted by molar-refractivity contribution is 7.89. The number of carbonyl (C=O) groups excluding carboxylic acids is 2. The minimum absolute atomic E-state index is 0.217. The van der Waals surface area contributed by atoms with Gasteiger partial charge in [-0.2, -0.15) is 4.31 Å². The van der Waals surface area contributed by atoms with Crippen LogP contribution >= 0.6 is 0 Å². The maximum absolute atomic E-state index is 13.4. The number of halogens is 1. The van der Waals surface area contributed by atoms with Gasteiger partial charge in [0.1, 0.15) is 11.9 Å². The number of nitrogens with zero attached hydrogens (tertiary/aromatic N) is 1.